The fraction of sp³-hybridized carbons (Fsp3) is 0.190. The maximum Gasteiger partial charge on any atom is 0.281 e. The molecule has 154 valence electrons. The monoisotopic (exact) mass is 441 g/mol. The summed E-state index contributed by atoms with van der Waals surface area (Å²) in [5, 5.41) is 0.763. The van der Waals surface area contributed by atoms with Crippen molar-refractivity contribution in [1.82, 2.24) is 15.8 Å². The highest BCUT2D eigenvalue weighted by Crippen LogP contribution is 2.34. The average molecular weight is 442 g/mol. The number of nitrogens with zero attached hydrogens (tertiary/aromatic N) is 1. The Bertz CT molecular complexity index is 1070. The second-order valence-electron chi connectivity index (χ2n) is 6.40. The molecule has 0 fully saturated rings. The van der Waals surface area contributed by atoms with E-state index < -0.39 is 0 Å². The van der Waals surface area contributed by atoms with Gasteiger partial charge in [-0.15, -0.1) is 23.1 Å². The first-order valence-electron chi connectivity index (χ1n) is 9.24. The molecule has 4 rings (SSSR count). The molecule has 0 bridgehead atoms. The number of aryl methyl sites for hydroxylation is 1. The van der Waals surface area contributed by atoms with Gasteiger partial charge in [-0.05, 0) is 25.1 Å². The van der Waals surface area contributed by atoms with Crippen molar-refractivity contribution in [1.29, 1.82) is 0 Å². The first-order valence-corrected chi connectivity index (χ1v) is 11.0. The van der Waals surface area contributed by atoms with Gasteiger partial charge in [-0.1, -0.05) is 30.3 Å². The molecule has 2 heterocycles. The molecule has 0 saturated carbocycles. The van der Waals surface area contributed by atoms with Gasteiger partial charge in [-0.3, -0.25) is 20.4 Å². The summed E-state index contributed by atoms with van der Waals surface area (Å²) < 4.78 is 11.0. The van der Waals surface area contributed by atoms with Gasteiger partial charge < -0.3 is 9.47 Å². The highest BCUT2D eigenvalue weighted by molar-refractivity contribution is 8.00. The second-order valence-corrected chi connectivity index (χ2v) is 8.44. The van der Waals surface area contributed by atoms with Crippen LogP contribution in [0.4, 0.5) is 0 Å². The molecule has 2 N–H and O–H groups in total. The number of benzene rings is 2. The highest BCUT2D eigenvalue weighted by Gasteiger charge is 2.17. The minimum Gasteiger partial charge on any atom is -0.486 e. The van der Waals surface area contributed by atoms with Crippen molar-refractivity contribution in [2.24, 2.45) is 0 Å². The van der Waals surface area contributed by atoms with E-state index in [1.807, 2.05) is 48.5 Å². The van der Waals surface area contributed by atoms with Crippen LogP contribution in [0, 0.1) is 6.92 Å². The number of nitrogens with one attached hydrogen (secondary N) is 2. The fourth-order valence-electron chi connectivity index (χ4n) is 2.79. The summed E-state index contributed by atoms with van der Waals surface area (Å²) in [6, 6.07) is 15.2. The van der Waals surface area contributed by atoms with Gasteiger partial charge in [0.25, 0.3) is 5.91 Å². The normalized spacial score (nSPS) is 12.3. The van der Waals surface area contributed by atoms with Crippen LogP contribution in [0.3, 0.4) is 0 Å². The standard InChI is InChI=1S/C21H19N3O4S2/c1-13-19(30-21(22-13)14-5-3-2-4-6-14)20(26)24-23-18(25)12-29-15-7-8-16-17(11-15)28-10-9-27-16/h2-8,11H,9-10,12H2,1H3,(H,23,25)(H,24,26). The SMILES string of the molecule is Cc1nc(-c2ccccc2)sc1C(=O)NNC(=O)CSc1ccc2c(c1)OCCO2. The quantitative estimate of drug-likeness (QED) is 0.466. The number of hydrazine groups is 1. The molecule has 1 aliphatic heterocycles. The summed E-state index contributed by atoms with van der Waals surface area (Å²) in [6.07, 6.45) is 0. The fourth-order valence-corrected chi connectivity index (χ4v) is 4.48. The third kappa shape index (κ3) is 4.74. The number of carbonyl (C=O) groups excluding carboxylic acids is 2. The number of fused-ring (bicyclic) bond motifs is 1. The zero-order chi connectivity index (χ0) is 20.9. The Balaban J connectivity index is 1.30. The number of ether oxygens (including phenoxy) is 2. The average Bonchev–Trinajstić information content (AvgIpc) is 3.18. The number of amides is 2. The van der Waals surface area contributed by atoms with Crippen molar-refractivity contribution in [2.45, 2.75) is 11.8 Å². The Morgan fingerprint density at radius 1 is 1.07 bits per heavy atom. The largest absolute Gasteiger partial charge is 0.486 e. The van der Waals surface area contributed by atoms with Gasteiger partial charge in [0.1, 0.15) is 23.1 Å². The zero-order valence-corrected chi connectivity index (χ0v) is 17.8. The van der Waals surface area contributed by atoms with E-state index in [0.29, 0.717) is 35.3 Å². The Labute approximate surface area is 181 Å². The maximum atomic E-state index is 12.5. The van der Waals surface area contributed by atoms with Gasteiger partial charge in [0.2, 0.25) is 5.91 Å². The number of hydrogen-bond acceptors (Lipinski definition) is 7. The molecule has 0 radical (unpaired) electrons. The van der Waals surface area contributed by atoms with Crippen LogP contribution in [0.15, 0.2) is 53.4 Å². The lowest BCUT2D eigenvalue weighted by Crippen LogP contribution is -2.42. The van der Waals surface area contributed by atoms with Gasteiger partial charge >= 0.3 is 0 Å². The molecule has 0 saturated heterocycles. The van der Waals surface area contributed by atoms with Crippen LogP contribution < -0.4 is 20.3 Å². The van der Waals surface area contributed by atoms with E-state index in [2.05, 4.69) is 15.8 Å². The van der Waals surface area contributed by atoms with E-state index in [9.17, 15) is 9.59 Å². The summed E-state index contributed by atoms with van der Waals surface area (Å²) >= 11 is 2.63. The summed E-state index contributed by atoms with van der Waals surface area (Å²) in [4.78, 5) is 30.4. The lowest BCUT2D eigenvalue weighted by atomic mass is 10.2. The Morgan fingerprint density at radius 3 is 2.63 bits per heavy atom. The van der Waals surface area contributed by atoms with Gasteiger partial charge in [0, 0.05) is 10.5 Å². The van der Waals surface area contributed by atoms with Crippen molar-refractivity contribution >= 4 is 34.9 Å². The number of thiazole rings is 1. The van der Waals surface area contributed by atoms with Gasteiger partial charge in [-0.2, -0.15) is 0 Å². The third-order valence-electron chi connectivity index (χ3n) is 4.22. The van der Waals surface area contributed by atoms with E-state index in [-0.39, 0.29) is 17.6 Å². The smallest absolute Gasteiger partial charge is 0.281 e. The zero-order valence-electron chi connectivity index (χ0n) is 16.1. The molecule has 0 spiro atoms. The summed E-state index contributed by atoms with van der Waals surface area (Å²) in [5.41, 5.74) is 6.49. The van der Waals surface area contributed by atoms with Crippen molar-refractivity contribution in [3.63, 3.8) is 0 Å². The Hall–Kier alpha value is -3.04. The minimum atomic E-state index is -0.384. The Kier molecular flexibility index (Phi) is 6.20. The second kappa shape index (κ2) is 9.19. The van der Waals surface area contributed by atoms with Crippen LogP contribution in [-0.4, -0.2) is 35.8 Å². The molecule has 1 aliphatic rings. The number of hydrogen-bond donors (Lipinski definition) is 2. The van der Waals surface area contributed by atoms with Crippen molar-refractivity contribution in [3.05, 3.63) is 59.1 Å². The lowest BCUT2D eigenvalue weighted by Gasteiger charge is -2.18. The van der Waals surface area contributed by atoms with Crippen LogP contribution in [0.1, 0.15) is 15.4 Å². The van der Waals surface area contributed by atoms with Crippen LogP contribution in [-0.2, 0) is 4.79 Å². The molecule has 0 atom stereocenters. The predicted molar refractivity (Wildman–Crippen MR) is 116 cm³/mol. The summed E-state index contributed by atoms with van der Waals surface area (Å²) in [6.45, 7) is 2.82. The van der Waals surface area contributed by atoms with Crippen LogP contribution >= 0.6 is 23.1 Å². The first-order chi connectivity index (χ1) is 14.6. The van der Waals surface area contributed by atoms with E-state index >= 15 is 0 Å². The van der Waals surface area contributed by atoms with Gasteiger partial charge in [-0.25, -0.2) is 4.98 Å². The molecular weight excluding hydrogens is 422 g/mol. The first kappa shape index (κ1) is 20.2. The molecule has 0 unspecified atom stereocenters. The van der Waals surface area contributed by atoms with Crippen LogP contribution in [0.25, 0.3) is 10.6 Å². The van der Waals surface area contributed by atoms with Crippen LogP contribution in [0.2, 0.25) is 0 Å². The number of rotatable bonds is 5. The molecule has 7 nitrogen and oxygen atoms in total. The third-order valence-corrected chi connectivity index (χ3v) is 6.42. The van der Waals surface area contributed by atoms with E-state index in [0.717, 1.165) is 15.5 Å². The number of aromatic nitrogens is 1. The molecule has 1 aromatic heterocycles. The van der Waals surface area contributed by atoms with E-state index in [1.54, 1.807) is 6.92 Å². The minimum absolute atomic E-state index is 0.150. The molecular formula is C21H19N3O4S2. The summed E-state index contributed by atoms with van der Waals surface area (Å²) in [7, 11) is 0. The van der Waals surface area contributed by atoms with Gasteiger partial charge in [0.15, 0.2) is 11.5 Å². The predicted octanol–water partition coefficient (Wildman–Crippen LogP) is 3.44. The maximum absolute atomic E-state index is 12.5. The van der Waals surface area contributed by atoms with Gasteiger partial charge in [0.05, 0.1) is 11.4 Å². The molecule has 0 aliphatic carbocycles. The highest BCUT2D eigenvalue weighted by atomic mass is 32.2. The summed E-state index contributed by atoms with van der Waals surface area (Å²) in [5.74, 6) is 0.835. The van der Waals surface area contributed by atoms with Crippen molar-refractivity contribution in [2.75, 3.05) is 19.0 Å². The molecule has 2 aromatic carbocycles. The van der Waals surface area contributed by atoms with E-state index in [4.69, 9.17) is 9.47 Å². The lowest BCUT2D eigenvalue weighted by molar-refractivity contribution is -0.119. The topological polar surface area (TPSA) is 89.6 Å². The van der Waals surface area contributed by atoms with Crippen molar-refractivity contribution in [3.8, 4) is 22.1 Å². The molecule has 3 aromatic rings. The van der Waals surface area contributed by atoms with E-state index in [1.165, 1.54) is 23.1 Å². The van der Waals surface area contributed by atoms with Crippen molar-refractivity contribution < 1.29 is 19.1 Å². The molecule has 9 heteroatoms. The molecule has 2 amide bonds. The Morgan fingerprint density at radius 2 is 1.83 bits per heavy atom. The number of thioether (sulfide) groups is 1. The molecule has 30 heavy (non-hydrogen) atoms. The van der Waals surface area contributed by atoms with Crippen LogP contribution in [0.5, 0.6) is 11.5 Å². The number of carbonyl (C=O) groups is 2.